The molecule has 0 fully saturated rings. The van der Waals surface area contributed by atoms with Gasteiger partial charge in [-0.25, -0.2) is 0 Å². The molecule has 0 rings (SSSR count). The van der Waals surface area contributed by atoms with Crippen molar-refractivity contribution in [2.75, 3.05) is 12.4 Å². The first-order valence-corrected chi connectivity index (χ1v) is 21.2. The third kappa shape index (κ3) is 42.5. The van der Waals surface area contributed by atoms with Gasteiger partial charge in [-0.15, -0.1) is 24.2 Å². The van der Waals surface area contributed by atoms with Crippen LogP contribution in [0.2, 0.25) is 0 Å². The van der Waals surface area contributed by atoms with Gasteiger partial charge < -0.3 is 5.32 Å². The van der Waals surface area contributed by atoms with Crippen molar-refractivity contribution in [1.29, 1.82) is 0 Å². The molecule has 0 bridgehead atoms. The third-order valence-electron chi connectivity index (χ3n) is 9.34. The summed E-state index contributed by atoms with van der Waals surface area (Å²) in [6.45, 7) is 0.987. The molecular weight excluding hydrogens is 582 g/mol. The van der Waals surface area contributed by atoms with Crippen molar-refractivity contribution in [2.45, 2.75) is 231 Å². The van der Waals surface area contributed by atoms with Crippen LogP contribution in [0.3, 0.4) is 0 Å². The molecule has 43 heavy (non-hydrogen) atoms. The first kappa shape index (κ1) is 43.5. The molecule has 258 valence electrons. The number of rotatable bonds is 38. The van der Waals surface area contributed by atoms with E-state index >= 15 is 0 Å². The van der Waals surface area contributed by atoms with Crippen molar-refractivity contribution < 1.29 is 0 Å². The number of unbranched alkanes of at least 4 members (excludes halogenated alkanes) is 35. The molecule has 0 aromatic carbocycles. The molecule has 0 aliphatic rings. The zero-order chi connectivity index (χ0) is 31.2. The normalized spacial score (nSPS) is 11.4. The van der Waals surface area contributed by atoms with Crippen molar-refractivity contribution in [3.8, 4) is 0 Å². The summed E-state index contributed by atoms with van der Waals surface area (Å²) in [7, 11) is 0. The summed E-state index contributed by atoms with van der Waals surface area (Å²) in [5.41, 5.74) is 0. The maximum atomic E-state index is 5.73. The van der Waals surface area contributed by atoms with Gasteiger partial charge in [0.05, 0.1) is 0 Å². The summed E-state index contributed by atoms with van der Waals surface area (Å²) in [6.07, 6.45) is 51.9. The second kappa shape index (κ2) is 40.6. The number of alkyl halides is 1. The van der Waals surface area contributed by atoms with Crippen LogP contribution in [0.25, 0.3) is 0 Å². The van der Waals surface area contributed by atoms with E-state index in [4.69, 9.17) is 23.8 Å². The number of nitrogens with one attached hydrogen (secondary N) is 1. The summed E-state index contributed by atoms with van der Waals surface area (Å²) < 4.78 is 0.630. The van der Waals surface area contributed by atoms with Crippen molar-refractivity contribution in [1.82, 2.24) is 5.32 Å². The van der Waals surface area contributed by atoms with E-state index in [2.05, 4.69) is 17.9 Å². The van der Waals surface area contributed by atoms with E-state index in [1.807, 2.05) is 0 Å². The third-order valence-corrected chi connectivity index (χ3v) is 9.91. The Morgan fingerprint density at radius 3 is 0.651 bits per heavy atom. The Morgan fingerprint density at radius 2 is 0.488 bits per heavy atom. The Kier molecular flexibility index (Phi) is 41.1. The Bertz CT molecular complexity index is 515. The van der Waals surface area contributed by atoms with Crippen LogP contribution in [0.5, 0.6) is 0 Å². The van der Waals surface area contributed by atoms with Gasteiger partial charge in [0, 0.05) is 12.4 Å². The maximum absolute atomic E-state index is 5.73. The van der Waals surface area contributed by atoms with Crippen molar-refractivity contribution in [3.63, 3.8) is 0 Å². The standard InChI is InChI=1S/C39H78ClNS2/c40-37-35-33-31-29-27-25-23-21-19-17-15-13-11-9-7-5-3-1-2-4-6-8-10-12-14-16-18-20-22-24-26-28-30-32-34-36-38-41-39(42)43/h1-38H2,(H2,41,42,43). The zero-order valence-electron chi connectivity index (χ0n) is 29.1. The highest BCUT2D eigenvalue weighted by Gasteiger charge is 1.98. The maximum Gasteiger partial charge on any atom is 0.130 e. The van der Waals surface area contributed by atoms with E-state index in [1.165, 1.54) is 231 Å². The summed E-state index contributed by atoms with van der Waals surface area (Å²) in [5.74, 6) is 0.844. The van der Waals surface area contributed by atoms with Gasteiger partial charge in [-0.1, -0.05) is 231 Å². The first-order valence-electron chi connectivity index (χ1n) is 19.8. The quantitative estimate of drug-likeness (QED) is 0.0296. The number of thiocarbonyl (C=S) groups is 1. The number of halogens is 1. The Morgan fingerprint density at radius 1 is 0.326 bits per heavy atom. The van der Waals surface area contributed by atoms with E-state index in [9.17, 15) is 0 Å². The highest BCUT2D eigenvalue weighted by Crippen LogP contribution is 2.17. The summed E-state index contributed by atoms with van der Waals surface area (Å²) in [6, 6.07) is 0. The van der Waals surface area contributed by atoms with E-state index in [0.29, 0.717) is 4.32 Å². The van der Waals surface area contributed by atoms with E-state index < -0.39 is 0 Å². The molecule has 0 spiro atoms. The van der Waals surface area contributed by atoms with E-state index in [0.717, 1.165) is 12.4 Å². The molecule has 0 atom stereocenters. The van der Waals surface area contributed by atoms with E-state index in [-0.39, 0.29) is 0 Å². The predicted molar refractivity (Wildman–Crippen MR) is 207 cm³/mol. The SMILES string of the molecule is S=C(S)NCCCCCCCCCCCCCCCCCCCCCCCCCCCCCCCCCCCCCCCl. The fourth-order valence-corrected chi connectivity index (χ4v) is 6.83. The van der Waals surface area contributed by atoms with Gasteiger partial charge in [0.15, 0.2) is 0 Å². The average Bonchev–Trinajstić information content (AvgIpc) is 3.00. The van der Waals surface area contributed by atoms with Gasteiger partial charge in [0.25, 0.3) is 0 Å². The highest BCUT2D eigenvalue weighted by atomic mass is 35.5. The molecule has 1 nitrogen and oxygen atoms in total. The van der Waals surface area contributed by atoms with Gasteiger partial charge in [-0.2, -0.15) is 0 Å². The molecule has 0 radical (unpaired) electrons. The lowest BCUT2D eigenvalue weighted by Gasteiger charge is -2.05. The second-order valence-corrected chi connectivity index (χ2v) is 15.2. The summed E-state index contributed by atoms with van der Waals surface area (Å²) in [5, 5.41) is 3.12. The van der Waals surface area contributed by atoms with Crippen LogP contribution < -0.4 is 5.32 Å². The van der Waals surface area contributed by atoms with Crippen LogP contribution in [0.15, 0.2) is 0 Å². The molecule has 1 N–H and O–H groups in total. The van der Waals surface area contributed by atoms with Gasteiger partial charge >= 0.3 is 0 Å². The minimum atomic E-state index is 0.630. The lowest BCUT2D eigenvalue weighted by molar-refractivity contribution is 0.510. The van der Waals surface area contributed by atoms with Crippen LogP contribution in [0.4, 0.5) is 0 Å². The molecule has 0 amide bonds. The topological polar surface area (TPSA) is 12.0 Å². The highest BCUT2D eigenvalue weighted by molar-refractivity contribution is 8.11. The predicted octanol–water partition coefficient (Wildman–Crippen LogP) is 15.1. The Hall–Kier alpha value is 0.530. The Labute approximate surface area is 288 Å². The second-order valence-electron chi connectivity index (χ2n) is 13.6. The number of hydrogen-bond acceptors (Lipinski definition) is 1. The monoisotopic (exact) mass is 660 g/mol. The van der Waals surface area contributed by atoms with Gasteiger partial charge in [0.1, 0.15) is 4.32 Å². The van der Waals surface area contributed by atoms with E-state index in [1.54, 1.807) is 0 Å². The first-order chi connectivity index (χ1) is 21.3. The largest absolute Gasteiger partial charge is 0.371 e. The summed E-state index contributed by atoms with van der Waals surface area (Å²) in [4.78, 5) is 0. The molecule has 0 unspecified atom stereocenters. The minimum absolute atomic E-state index is 0.630. The Balaban J connectivity index is 3.03. The van der Waals surface area contributed by atoms with Crippen molar-refractivity contribution in [2.24, 2.45) is 0 Å². The molecule has 0 aliphatic carbocycles. The van der Waals surface area contributed by atoms with Crippen LogP contribution in [-0.2, 0) is 0 Å². The minimum Gasteiger partial charge on any atom is -0.371 e. The number of thiol groups is 1. The van der Waals surface area contributed by atoms with Crippen LogP contribution in [0, 0.1) is 0 Å². The average molecular weight is 661 g/mol. The molecular formula is C39H78ClNS2. The van der Waals surface area contributed by atoms with Gasteiger partial charge in [-0.05, 0) is 12.8 Å². The lowest BCUT2D eigenvalue weighted by atomic mass is 10.0. The molecule has 0 aromatic heterocycles. The molecule has 0 heterocycles. The van der Waals surface area contributed by atoms with Crippen molar-refractivity contribution in [3.05, 3.63) is 0 Å². The van der Waals surface area contributed by atoms with Crippen LogP contribution in [0.1, 0.15) is 231 Å². The fourth-order valence-electron chi connectivity index (χ4n) is 6.43. The van der Waals surface area contributed by atoms with Gasteiger partial charge in [-0.3, -0.25) is 0 Å². The molecule has 0 saturated carbocycles. The smallest absolute Gasteiger partial charge is 0.130 e. The van der Waals surface area contributed by atoms with Crippen LogP contribution >= 0.6 is 36.4 Å². The van der Waals surface area contributed by atoms with Gasteiger partial charge in [0.2, 0.25) is 0 Å². The molecule has 0 saturated heterocycles. The lowest BCUT2D eigenvalue weighted by Crippen LogP contribution is -2.17. The fraction of sp³-hybridized carbons (Fsp3) is 0.974. The summed E-state index contributed by atoms with van der Waals surface area (Å²) >= 11 is 14.7. The molecule has 0 aromatic rings. The molecule has 0 aliphatic heterocycles. The van der Waals surface area contributed by atoms with Crippen LogP contribution in [-0.4, -0.2) is 16.7 Å². The number of hydrogen-bond donors (Lipinski definition) is 2. The zero-order valence-corrected chi connectivity index (χ0v) is 31.6. The van der Waals surface area contributed by atoms with Crippen molar-refractivity contribution >= 4 is 40.8 Å². The molecule has 4 heteroatoms.